The van der Waals surface area contributed by atoms with Crippen molar-refractivity contribution in [3.8, 4) is 0 Å². The molecule has 18 heavy (non-hydrogen) atoms. The second-order valence-corrected chi connectivity index (χ2v) is 6.70. The first-order valence-electron chi connectivity index (χ1n) is 5.91. The lowest BCUT2D eigenvalue weighted by Crippen LogP contribution is -2.50. The highest BCUT2D eigenvalue weighted by atomic mass is 79.9. The molecule has 2 aromatic rings. The highest BCUT2D eigenvalue weighted by molar-refractivity contribution is 9.15. The van der Waals surface area contributed by atoms with Gasteiger partial charge < -0.3 is 5.32 Å². The molecule has 92 valence electrons. The van der Waals surface area contributed by atoms with Gasteiger partial charge in [0, 0.05) is 9.70 Å². The molecule has 2 heterocycles. The van der Waals surface area contributed by atoms with Crippen molar-refractivity contribution in [3.05, 3.63) is 57.1 Å². The molecule has 1 aliphatic heterocycles. The number of benzene rings is 1. The van der Waals surface area contributed by atoms with E-state index in [1.165, 1.54) is 25.5 Å². The quantitative estimate of drug-likeness (QED) is 0.852. The van der Waals surface area contributed by atoms with Gasteiger partial charge in [-0.1, -0.05) is 46.3 Å². The Balaban J connectivity index is 2.44. The Bertz CT molecular complexity index is 698. The first kappa shape index (κ1) is 12.0. The normalized spacial score (nSPS) is 17.3. The van der Waals surface area contributed by atoms with Crippen molar-refractivity contribution < 1.29 is 0 Å². The van der Waals surface area contributed by atoms with Crippen molar-refractivity contribution >= 4 is 37.4 Å². The van der Waals surface area contributed by atoms with Crippen molar-refractivity contribution in [2.75, 3.05) is 0 Å². The van der Waals surface area contributed by atoms with Crippen LogP contribution < -0.4 is 15.8 Å². The molecule has 0 bridgehead atoms. The summed E-state index contributed by atoms with van der Waals surface area (Å²) in [5.74, 6) is 0. The highest BCUT2D eigenvalue weighted by Gasteiger charge is 2.27. The zero-order valence-electron chi connectivity index (χ0n) is 10.3. The SMILES string of the molecule is CC1(C)NC(c2cccs2)=c2ccccc2=C1Br. The maximum atomic E-state index is 3.74. The standard InChI is InChI=1S/C15H14BrNS/c1-15(2)14(16)11-7-4-3-6-10(11)13(17-15)12-8-5-9-18-12/h3-9,17H,1-2H3. The van der Waals surface area contributed by atoms with Crippen LogP contribution in [-0.2, 0) is 0 Å². The van der Waals surface area contributed by atoms with Crippen LogP contribution in [0.1, 0.15) is 18.7 Å². The largest absolute Gasteiger partial charge is 0.374 e. The highest BCUT2D eigenvalue weighted by Crippen LogP contribution is 2.28. The summed E-state index contributed by atoms with van der Waals surface area (Å²) in [6.45, 7) is 4.39. The van der Waals surface area contributed by atoms with Gasteiger partial charge in [0.1, 0.15) is 0 Å². The molecular weight excluding hydrogens is 306 g/mol. The van der Waals surface area contributed by atoms with Crippen LogP contribution in [0.4, 0.5) is 0 Å². The Labute approximate surface area is 119 Å². The van der Waals surface area contributed by atoms with Crippen LogP contribution in [0.5, 0.6) is 0 Å². The molecule has 0 atom stereocenters. The summed E-state index contributed by atoms with van der Waals surface area (Å²) in [4.78, 5) is 1.29. The molecule has 3 heteroatoms. The second kappa shape index (κ2) is 4.25. The monoisotopic (exact) mass is 319 g/mol. The van der Waals surface area contributed by atoms with E-state index >= 15 is 0 Å². The number of nitrogens with one attached hydrogen (secondary N) is 1. The molecule has 1 nitrogen and oxygen atoms in total. The number of rotatable bonds is 1. The van der Waals surface area contributed by atoms with Gasteiger partial charge in [-0.05, 0) is 30.5 Å². The molecule has 1 N–H and O–H groups in total. The van der Waals surface area contributed by atoms with Gasteiger partial charge in [0.15, 0.2) is 0 Å². The fourth-order valence-electron chi connectivity index (χ4n) is 2.28. The Morgan fingerprint density at radius 1 is 1.06 bits per heavy atom. The summed E-state index contributed by atoms with van der Waals surface area (Å²) in [6.07, 6.45) is 0. The van der Waals surface area contributed by atoms with Crippen molar-refractivity contribution in [2.45, 2.75) is 19.4 Å². The minimum absolute atomic E-state index is 0.0757. The van der Waals surface area contributed by atoms with Gasteiger partial charge >= 0.3 is 0 Å². The fourth-order valence-corrected chi connectivity index (χ4v) is 3.46. The van der Waals surface area contributed by atoms with Crippen LogP contribution in [0.3, 0.4) is 0 Å². The summed E-state index contributed by atoms with van der Waals surface area (Å²) in [5.41, 5.74) is 1.15. The first-order chi connectivity index (χ1) is 8.59. The van der Waals surface area contributed by atoms with E-state index in [4.69, 9.17) is 0 Å². The van der Waals surface area contributed by atoms with Crippen molar-refractivity contribution in [2.24, 2.45) is 0 Å². The van der Waals surface area contributed by atoms with E-state index in [0.717, 1.165) is 0 Å². The predicted octanol–water partition coefficient (Wildman–Crippen LogP) is 2.79. The summed E-state index contributed by atoms with van der Waals surface area (Å²) in [5, 5.41) is 8.31. The molecule has 1 aromatic carbocycles. The molecule has 1 aromatic heterocycles. The molecule has 0 aliphatic carbocycles. The predicted molar refractivity (Wildman–Crippen MR) is 82.1 cm³/mol. The van der Waals surface area contributed by atoms with E-state index in [1.54, 1.807) is 11.3 Å². The summed E-state index contributed by atoms with van der Waals surface area (Å²) in [6, 6.07) is 12.8. The average molecular weight is 320 g/mol. The molecule has 0 amide bonds. The third kappa shape index (κ3) is 1.82. The molecule has 1 aliphatic rings. The van der Waals surface area contributed by atoms with Gasteiger partial charge in [-0.2, -0.15) is 0 Å². The number of halogens is 1. The van der Waals surface area contributed by atoms with Gasteiger partial charge in [0.05, 0.1) is 16.1 Å². The van der Waals surface area contributed by atoms with Crippen LogP contribution in [0, 0.1) is 0 Å². The minimum Gasteiger partial charge on any atom is -0.374 e. The fraction of sp³-hybridized carbons (Fsp3) is 0.200. The lowest BCUT2D eigenvalue weighted by atomic mass is 9.97. The molecule has 3 rings (SSSR count). The average Bonchev–Trinajstić information content (AvgIpc) is 2.88. The Morgan fingerprint density at radius 3 is 2.44 bits per heavy atom. The first-order valence-corrected chi connectivity index (χ1v) is 7.58. The second-order valence-electron chi connectivity index (χ2n) is 4.96. The van der Waals surface area contributed by atoms with Gasteiger partial charge in [0.25, 0.3) is 0 Å². The third-order valence-corrected chi connectivity index (χ3v) is 5.49. The van der Waals surface area contributed by atoms with Crippen LogP contribution in [0.2, 0.25) is 0 Å². The van der Waals surface area contributed by atoms with E-state index in [2.05, 4.69) is 76.9 Å². The van der Waals surface area contributed by atoms with Crippen LogP contribution >= 0.6 is 27.3 Å². The van der Waals surface area contributed by atoms with Crippen LogP contribution in [-0.4, -0.2) is 5.54 Å². The number of thiophene rings is 1. The van der Waals surface area contributed by atoms with Crippen molar-refractivity contribution in [1.29, 1.82) is 0 Å². The van der Waals surface area contributed by atoms with Crippen LogP contribution in [0.25, 0.3) is 10.2 Å². The summed E-state index contributed by atoms with van der Waals surface area (Å²) < 4.78 is 1.21. The molecule has 0 saturated heterocycles. The topological polar surface area (TPSA) is 12.0 Å². The molecule has 0 unspecified atom stereocenters. The maximum absolute atomic E-state index is 3.74. The van der Waals surface area contributed by atoms with Crippen LogP contribution in [0.15, 0.2) is 41.8 Å². The maximum Gasteiger partial charge on any atom is 0.0640 e. The van der Waals surface area contributed by atoms with E-state index < -0.39 is 0 Å². The number of fused-ring (bicyclic) bond motifs is 1. The van der Waals surface area contributed by atoms with E-state index in [-0.39, 0.29) is 5.54 Å². The molecule has 0 saturated carbocycles. The third-order valence-electron chi connectivity index (χ3n) is 3.19. The van der Waals surface area contributed by atoms with Gasteiger partial charge in [-0.3, -0.25) is 0 Å². The number of hydrogen-bond donors (Lipinski definition) is 1. The summed E-state index contributed by atoms with van der Waals surface area (Å²) in [7, 11) is 0. The van der Waals surface area contributed by atoms with E-state index in [1.807, 2.05) is 0 Å². The van der Waals surface area contributed by atoms with E-state index in [0.29, 0.717) is 0 Å². The Morgan fingerprint density at radius 2 is 1.78 bits per heavy atom. The molecule has 0 radical (unpaired) electrons. The molecule has 0 spiro atoms. The van der Waals surface area contributed by atoms with Gasteiger partial charge in [-0.25, -0.2) is 0 Å². The van der Waals surface area contributed by atoms with Crippen molar-refractivity contribution in [1.82, 2.24) is 5.32 Å². The lowest BCUT2D eigenvalue weighted by molar-refractivity contribution is 0.586. The minimum atomic E-state index is -0.0757. The van der Waals surface area contributed by atoms with E-state index in [9.17, 15) is 0 Å². The number of hydrogen-bond acceptors (Lipinski definition) is 2. The zero-order chi connectivity index (χ0) is 12.8. The lowest BCUT2D eigenvalue weighted by Gasteiger charge is -2.32. The van der Waals surface area contributed by atoms with Gasteiger partial charge in [-0.15, -0.1) is 11.3 Å². The smallest absolute Gasteiger partial charge is 0.0640 e. The zero-order valence-corrected chi connectivity index (χ0v) is 12.7. The van der Waals surface area contributed by atoms with Crippen molar-refractivity contribution in [3.63, 3.8) is 0 Å². The molecular formula is C15H14BrNS. The Hall–Kier alpha value is -1.06. The van der Waals surface area contributed by atoms with Gasteiger partial charge in [0.2, 0.25) is 0 Å². The summed E-state index contributed by atoms with van der Waals surface area (Å²) >= 11 is 5.51. The Kier molecular flexibility index (Phi) is 2.83. The molecule has 0 fully saturated rings.